The molecule has 2 rings (SSSR count). The Hall–Kier alpha value is -1.60. The van der Waals surface area contributed by atoms with E-state index < -0.39 is 22.9 Å². The molecule has 0 saturated heterocycles. The Morgan fingerprint density at radius 3 is 2.95 bits per heavy atom. The summed E-state index contributed by atoms with van der Waals surface area (Å²) in [7, 11) is 0. The summed E-state index contributed by atoms with van der Waals surface area (Å²) < 4.78 is 13.0. The molecule has 3 N–H and O–H groups in total. The third-order valence-corrected chi connectivity index (χ3v) is 3.63. The van der Waals surface area contributed by atoms with Gasteiger partial charge >= 0.3 is 0 Å². The van der Waals surface area contributed by atoms with Crippen molar-refractivity contribution < 1.29 is 14.0 Å². The van der Waals surface area contributed by atoms with Gasteiger partial charge < -0.3 is 11.1 Å². The number of carbonyl (C=O) groups is 2. The number of hydrogen-bond donors (Lipinski definition) is 2. The molecular weight excluding hydrogens is 293 g/mol. The predicted octanol–water partition coefficient (Wildman–Crippen LogP) is 1.76. The fourth-order valence-corrected chi connectivity index (χ4v) is 2.50. The van der Waals surface area contributed by atoms with E-state index in [1.165, 1.54) is 12.1 Å². The van der Waals surface area contributed by atoms with Crippen LogP contribution in [-0.2, 0) is 9.59 Å². The molecule has 0 saturated carbocycles. The van der Waals surface area contributed by atoms with Crippen LogP contribution in [-0.4, -0.2) is 22.2 Å². The average molecular weight is 302 g/mol. The molecule has 2 amide bonds. The molecule has 0 fully saturated rings. The molecule has 100 valence electrons. The third-order valence-electron chi connectivity index (χ3n) is 2.34. The number of halogens is 2. The minimum atomic E-state index is -0.645. The highest BCUT2D eigenvalue weighted by Gasteiger charge is 2.28. The van der Waals surface area contributed by atoms with E-state index in [1.54, 1.807) is 0 Å². The highest BCUT2D eigenvalue weighted by molar-refractivity contribution is 8.15. The van der Waals surface area contributed by atoms with Crippen LogP contribution in [0.15, 0.2) is 23.2 Å². The van der Waals surface area contributed by atoms with Gasteiger partial charge in [-0.25, -0.2) is 4.39 Å². The van der Waals surface area contributed by atoms with Gasteiger partial charge in [0.2, 0.25) is 11.8 Å². The lowest BCUT2D eigenvalue weighted by atomic mass is 10.2. The molecule has 1 aliphatic rings. The van der Waals surface area contributed by atoms with E-state index in [4.69, 9.17) is 17.3 Å². The van der Waals surface area contributed by atoms with Crippen LogP contribution in [0.25, 0.3) is 0 Å². The standard InChI is InChI=1S/C11H9ClFN3O2S/c12-6-3-5(1-2-7(6)13)15-10(18)8-4-9(17)16-11(14)19-8/h1-3,8H,4H2,(H,15,18)(H2,14,16,17)/t8-/m0/s1. The van der Waals surface area contributed by atoms with Gasteiger partial charge in [0.1, 0.15) is 11.1 Å². The number of thioether (sulfide) groups is 1. The van der Waals surface area contributed by atoms with Crippen molar-refractivity contribution in [2.45, 2.75) is 11.7 Å². The van der Waals surface area contributed by atoms with E-state index in [9.17, 15) is 14.0 Å². The smallest absolute Gasteiger partial charge is 0.249 e. The number of carbonyl (C=O) groups excluding carboxylic acids is 2. The zero-order chi connectivity index (χ0) is 14.0. The SMILES string of the molecule is NC1=NC(=O)C[C@@H](C(=O)Nc2ccc(F)c(Cl)c2)S1. The molecule has 0 aromatic heterocycles. The first-order valence-corrected chi connectivity index (χ1v) is 6.51. The fourth-order valence-electron chi connectivity index (χ4n) is 1.48. The number of nitrogens with two attached hydrogens (primary N) is 1. The van der Waals surface area contributed by atoms with Crippen LogP contribution < -0.4 is 11.1 Å². The molecule has 1 atom stereocenters. The molecule has 1 heterocycles. The summed E-state index contributed by atoms with van der Waals surface area (Å²) in [6, 6.07) is 3.82. The van der Waals surface area contributed by atoms with Crippen molar-refractivity contribution >= 4 is 46.0 Å². The Morgan fingerprint density at radius 2 is 2.32 bits per heavy atom. The van der Waals surface area contributed by atoms with Crippen LogP contribution in [0.5, 0.6) is 0 Å². The number of nitrogens with zero attached hydrogens (tertiary/aromatic N) is 1. The molecule has 0 bridgehead atoms. The van der Waals surface area contributed by atoms with Crippen LogP contribution in [0.1, 0.15) is 6.42 Å². The van der Waals surface area contributed by atoms with Gasteiger partial charge in [0.05, 0.1) is 11.4 Å². The van der Waals surface area contributed by atoms with E-state index in [0.717, 1.165) is 17.8 Å². The largest absolute Gasteiger partial charge is 0.378 e. The second-order valence-corrected chi connectivity index (χ2v) is 5.40. The van der Waals surface area contributed by atoms with Gasteiger partial charge in [-0.2, -0.15) is 4.99 Å². The van der Waals surface area contributed by atoms with E-state index in [-0.39, 0.29) is 16.6 Å². The van der Waals surface area contributed by atoms with Gasteiger partial charge in [0.25, 0.3) is 0 Å². The first-order chi connectivity index (χ1) is 8.95. The second-order valence-electron chi connectivity index (χ2n) is 3.77. The third kappa shape index (κ3) is 3.45. The van der Waals surface area contributed by atoms with Crippen LogP contribution in [0.3, 0.4) is 0 Å². The normalized spacial score (nSPS) is 18.9. The zero-order valence-corrected chi connectivity index (χ0v) is 11.1. The number of amides is 2. The molecule has 5 nitrogen and oxygen atoms in total. The molecule has 19 heavy (non-hydrogen) atoms. The van der Waals surface area contributed by atoms with Gasteiger partial charge in [0.15, 0.2) is 5.17 Å². The quantitative estimate of drug-likeness (QED) is 0.872. The molecule has 0 aliphatic carbocycles. The molecule has 1 aromatic rings. The first kappa shape index (κ1) is 13.8. The van der Waals surface area contributed by atoms with Crippen molar-refractivity contribution in [1.82, 2.24) is 0 Å². The summed E-state index contributed by atoms with van der Waals surface area (Å²) in [4.78, 5) is 26.6. The van der Waals surface area contributed by atoms with Gasteiger partial charge in [0, 0.05) is 5.69 Å². The lowest BCUT2D eigenvalue weighted by Crippen LogP contribution is -2.33. The van der Waals surface area contributed by atoms with Crippen molar-refractivity contribution in [3.05, 3.63) is 29.0 Å². The Bertz CT molecular complexity index is 579. The minimum Gasteiger partial charge on any atom is -0.378 e. The Labute approximate surface area is 117 Å². The van der Waals surface area contributed by atoms with Crippen molar-refractivity contribution in [3.63, 3.8) is 0 Å². The number of aliphatic imine (C=N–C) groups is 1. The van der Waals surface area contributed by atoms with Crippen molar-refractivity contribution in [2.24, 2.45) is 10.7 Å². The maximum Gasteiger partial charge on any atom is 0.249 e. The number of amidine groups is 1. The Morgan fingerprint density at radius 1 is 1.58 bits per heavy atom. The lowest BCUT2D eigenvalue weighted by Gasteiger charge is -2.17. The number of rotatable bonds is 2. The lowest BCUT2D eigenvalue weighted by molar-refractivity contribution is -0.121. The predicted molar refractivity (Wildman–Crippen MR) is 72.7 cm³/mol. The molecule has 1 aromatic carbocycles. The molecule has 0 spiro atoms. The second kappa shape index (κ2) is 5.58. The van der Waals surface area contributed by atoms with Gasteiger partial charge in [-0.15, -0.1) is 0 Å². The Kier molecular flexibility index (Phi) is 4.06. The zero-order valence-electron chi connectivity index (χ0n) is 9.52. The summed E-state index contributed by atoms with van der Waals surface area (Å²) in [6.45, 7) is 0. The number of benzene rings is 1. The minimum absolute atomic E-state index is 0.0217. The maximum absolute atomic E-state index is 13.0. The van der Waals surface area contributed by atoms with E-state index in [0.29, 0.717) is 5.69 Å². The topological polar surface area (TPSA) is 84.5 Å². The van der Waals surface area contributed by atoms with Crippen LogP contribution in [0.2, 0.25) is 5.02 Å². The fraction of sp³-hybridized carbons (Fsp3) is 0.182. The van der Waals surface area contributed by atoms with E-state index in [2.05, 4.69) is 10.3 Å². The summed E-state index contributed by atoms with van der Waals surface area (Å²) in [6.07, 6.45) is -0.0217. The Balaban J connectivity index is 2.07. The van der Waals surface area contributed by atoms with E-state index >= 15 is 0 Å². The van der Waals surface area contributed by atoms with Crippen LogP contribution >= 0.6 is 23.4 Å². The van der Waals surface area contributed by atoms with Crippen molar-refractivity contribution in [2.75, 3.05) is 5.32 Å². The van der Waals surface area contributed by atoms with Gasteiger partial charge in [-0.1, -0.05) is 23.4 Å². The first-order valence-electron chi connectivity index (χ1n) is 5.25. The van der Waals surface area contributed by atoms with Gasteiger partial charge in [-0.3, -0.25) is 9.59 Å². The summed E-state index contributed by atoms with van der Waals surface area (Å²) in [5, 5.41) is 1.87. The maximum atomic E-state index is 13.0. The van der Waals surface area contributed by atoms with Crippen molar-refractivity contribution in [1.29, 1.82) is 0 Å². The summed E-state index contributed by atoms with van der Waals surface area (Å²) in [5.41, 5.74) is 5.78. The summed E-state index contributed by atoms with van der Waals surface area (Å²) >= 11 is 6.62. The van der Waals surface area contributed by atoms with Crippen LogP contribution in [0, 0.1) is 5.82 Å². The summed E-state index contributed by atoms with van der Waals surface area (Å²) in [5.74, 6) is -1.41. The van der Waals surface area contributed by atoms with Crippen molar-refractivity contribution in [3.8, 4) is 0 Å². The molecule has 8 heteroatoms. The molecule has 1 aliphatic heterocycles. The average Bonchev–Trinajstić information content (AvgIpc) is 2.32. The molecular formula is C11H9ClFN3O2S. The monoisotopic (exact) mass is 301 g/mol. The number of anilines is 1. The van der Waals surface area contributed by atoms with Gasteiger partial charge in [-0.05, 0) is 18.2 Å². The molecule has 0 unspecified atom stereocenters. The number of nitrogens with one attached hydrogen (secondary N) is 1. The highest BCUT2D eigenvalue weighted by atomic mass is 35.5. The molecule has 0 radical (unpaired) electrons. The van der Waals surface area contributed by atoms with Crippen LogP contribution in [0.4, 0.5) is 10.1 Å². The highest BCUT2D eigenvalue weighted by Crippen LogP contribution is 2.24. The van der Waals surface area contributed by atoms with E-state index in [1.807, 2.05) is 0 Å². The number of hydrogen-bond acceptors (Lipinski definition) is 4.